The molecular weight excluding hydrogens is 290 g/mol. The molecule has 1 aromatic carbocycles. The van der Waals surface area contributed by atoms with Crippen molar-refractivity contribution in [1.29, 1.82) is 0 Å². The third-order valence-electron chi connectivity index (χ3n) is 2.88. The van der Waals surface area contributed by atoms with Gasteiger partial charge < -0.3 is 5.11 Å². The van der Waals surface area contributed by atoms with Crippen molar-refractivity contribution in [2.45, 2.75) is 24.3 Å². The number of benzene rings is 1. The first-order valence-electron chi connectivity index (χ1n) is 6.20. The zero-order valence-electron chi connectivity index (χ0n) is 11.7. The largest absolute Gasteiger partial charge is 0.480 e. The van der Waals surface area contributed by atoms with Gasteiger partial charge in [-0.25, -0.2) is 8.42 Å². The summed E-state index contributed by atoms with van der Waals surface area (Å²) in [6, 6.07) is 4.86. The summed E-state index contributed by atoms with van der Waals surface area (Å²) in [5.41, 5.74) is 0.905. The average Bonchev–Trinajstić information content (AvgIpc) is 2.42. The highest BCUT2D eigenvalue weighted by atomic mass is 32.2. The SMILES string of the molecule is C#CC[C@@H](C(=O)O)N(CC=C)S(=O)(=O)c1ccc(C)cc1. The van der Waals surface area contributed by atoms with E-state index in [-0.39, 0.29) is 17.9 Å². The lowest BCUT2D eigenvalue weighted by Crippen LogP contribution is -2.44. The van der Waals surface area contributed by atoms with Crippen molar-refractivity contribution in [2.24, 2.45) is 0 Å². The minimum Gasteiger partial charge on any atom is -0.480 e. The highest BCUT2D eigenvalue weighted by Gasteiger charge is 2.34. The fourth-order valence-corrected chi connectivity index (χ4v) is 3.34. The Kier molecular flexibility index (Phi) is 5.70. The van der Waals surface area contributed by atoms with Crippen molar-refractivity contribution >= 4 is 16.0 Å². The minimum atomic E-state index is -3.96. The second-order valence-corrected chi connectivity index (χ2v) is 6.33. The Morgan fingerprint density at radius 3 is 2.48 bits per heavy atom. The average molecular weight is 307 g/mol. The fourth-order valence-electron chi connectivity index (χ4n) is 1.79. The van der Waals surface area contributed by atoms with Gasteiger partial charge in [-0.3, -0.25) is 4.79 Å². The van der Waals surface area contributed by atoms with Crippen LogP contribution in [0.3, 0.4) is 0 Å². The minimum absolute atomic E-state index is 0.0261. The van der Waals surface area contributed by atoms with Crippen LogP contribution in [0.15, 0.2) is 41.8 Å². The molecule has 0 saturated heterocycles. The van der Waals surface area contributed by atoms with Gasteiger partial charge in [-0.2, -0.15) is 4.31 Å². The van der Waals surface area contributed by atoms with Crippen molar-refractivity contribution < 1.29 is 18.3 Å². The number of rotatable bonds is 7. The van der Waals surface area contributed by atoms with Crippen LogP contribution in [0.2, 0.25) is 0 Å². The number of carboxylic acids is 1. The molecule has 0 radical (unpaired) electrons. The topological polar surface area (TPSA) is 74.7 Å². The van der Waals surface area contributed by atoms with Crippen LogP contribution in [0.25, 0.3) is 0 Å². The molecular formula is C15H17NO4S. The molecule has 1 aromatic rings. The van der Waals surface area contributed by atoms with Crippen LogP contribution in [0.4, 0.5) is 0 Å². The zero-order valence-corrected chi connectivity index (χ0v) is 12.5. The number of hydrogen-bond donors (Lipinski definition) is 1. The first-order valence-corrected chi connectivity index (χ1v) is 7.64. The van der Waals surface area contributed by atoms with Crippen LogP contribution >= 0.6 is 0 Å². The Balaban J connectivity index is 3.31. The Bertz CT molecular complexity index is 656. The van der Waals surface area contributed by atoms with Crippen molar-refractivity contribution in [2.75, 3.05) is 6.54 Å². The van der Waals surface area contributed by atoms with E-state index in [9.17, 15) is 18.3 Å². The molecule has 6 heteroatoms. The molecule has 21 heavy (non-hydrogen) atoms. The molecule has 0 bridgehead atoms. The van der Waals surface area contributed by atoms with E-state index in [0.29, 0.717) is 0 Å². The lowest BCUT2D eigenvalue weighted by Gasteiger charge is -2.26. The number of carbonyl (C=O) groups is 1. The van der Waals surface area contributed by atoms with Gasteiger partial charge >= 0.3 is 5.97 Å². The van der Waals surface area contributed by atoms with Gasteiger partial charge in [0.1, 0.15) is 6.04 Å². The molecule has 0 unspecified atom stereocenters. The Labute approximate surface area is 125 Å². The number of aliphatic carboxylic acids is 1. The molecule has 0 aromatic heterocycles. The predicted molar refractivity (Wildman–Crippen MR) is 80.1 cm³/mol. The van der Waals surface area contributed by atoms with E-state index < -0.39 is 22.0 Å². The Hall–Kier alpha value is -2.10. The van der Waals surface area contributed by atoms with E-state index in [2.05, 4.69) is 12.5 Å². The molecule has 0 fully saturated rings. The lowest BCUT2D eigenvalue weighted by atomic mass is 10.2. The fraction of sp³-hybridized carbons (Fsp3) is 0.267. The van der Waals surface area contributed by atoms with Gasteiger partial charge in [0, 0.05) is 13.0 Å². The lowest BCUT2D eigenvalue weighted by molar-refractivity contribution is -0.141. The molecule has 1 N–H and O–H groups in total. The van der Waals surface area contributed by atoms with Gasteiger partial charge in [-0.1, -0.05) is 23.8 Å². The second kappa shape index (κ2) is 7.07. The van der Waals surface area contributed by atoms with E-state index in [0.717, 1.165) is 9.87 Å². The van der Waals surface area contributed by atoms with Crippen molar-refractivity contribution in [3.05, 3.63) is 42.5 Å². The van der Waals surface area contributed by atoms with E-state index >= 15 is 0 Å². The summed E-state index contributed by atoms with van der Waals surface area (Å²) < 4.78 is 26.1. The van der Waals surface area contributed by atoms with Crippen molar-refractivity contribution in [3.63, 3.8) is 0 Å². The Morgan fingerprint density at radius 2 is 2.05 bits per heavy atom. The number of aryl methyl sites for hydroxylation is 1. The summed E-state index contributed by atoms with van der Waals surface area (Å²) in [5.74, 6) is 0.913. The van der Waals surface area contributed by atoms with E-state index in [1.54, 1.807) is 12.1 Å². The number of carboxylic acid groups (broad SMARTS) is 1. The highest BCUT2D eigenvalue weighted by Crippen LogP contribution is 2.20. The smallest absolute Gasteiger partial charge is 0.323 e. The monoisotopic (exact) mass is 307 g/mol. The van der Waals surface area contributed by atoms with Gasteiger partial charge in [0.05, 0.1) is 4.90 Å². The normalized spacial score (nSPS) is 12.6. The van der Waals surface area contributed by atoms with E-state index in [1.165, 1.54) is 18.2 Å². The number of sulfonamides is 1. The highest BCUT2D eigenvalue weighted by molar-refractivity contribution is 7.89. The van der Waals surface area contributed by atoms with Crippen LogP contribution in [0.1, 0.15) is 12.0 Å². The maximum atomic E-state index is 12.6. The molecule has 1 atom stereocenters. The number of hydrogen-bond acceptors (Lipinski definition) is 3. The summed E-state index contributed by atoms with van der Waals surface area (Å²) in [6.07, 6.45) is 6.26. The molecule has 112 valence electrons. The summed E-state index contributed by atoms with van der Waals surface area (Å²) in [5, 5.41) is 9.22. The molecule has 0 heterocycles. The molecule has 5 nitrogen and oxygen atoms in total. The van der Waals surface area contributed by atoms with Gasteiger partial charge in [0.25, 0.3) is 0 Å². The van der Waals surface area contributed by atoms with Crippen LogP contribution in [0.5, 0.6) is 0 Å². The molecule has 0 spiro atoms. The third kappa shape index (κ3) is 3.94. The second-order valence-electron chi connectivity index (χ2n) is 4.44. The third-order valence-corrected chi connectivity index (χ3v) is 4.77. The van der Waals surface area contributed by atoms with E-state index in [1.807, 2.05) is 6.92 Å². The van der Waals surface area contributed by atoms with Gasteiger partial charge in [-0.05, 0) is 19.1 Å². The maximum Gasteiger partial charge on any atom is 0.323 e. The predicted octanol–water partition coefficient (Wildman–Crippen LogP) is 1.65. The number of terminal acetylenes is 1. The molecule has 0 amide bonds. The Morgan fingerprint density at radius 1 is 1.48 bits per heavy atom. The van der Waals surface area contributed by atoms with Gasteiger partial charge in [0.15, 0.2) is 0 Å². The number of nitrogens with zero attached hydrogens (tertiary/aromatic N) is 1. The molecule has 0 aliphatic heterocycles. The van der Waals surface area contributed by atoms with Crippen LogP contribution in [-0.4, -0.2) is 36.4 Å². The molecule has 0 aliphatic carbocycles. The summed E-state index contributed by atoms with van der Waals surface area (Å²) >= 11 is 0. The zero-order chi connectivity index (χ0) is 16.0. The quantitative estimate of drug-likeness (QED) is 0.614. The van der Waals surface area contributed by atoms with Gasteiger partial charge in [-0.15, -0.1) is 18.9 Å². The van der Waals surface area contributed by atoms with Crippen LogP contribution in [-0.2, 0) is 14.8 Å². The van der Waals surface area contributed by atoms with Crippen molar-refractivity contribution in [3.8, 4) is 12.3 Å². The molecule has 1 rings (SSSR count). The van der Waals surface area contributed by atoms with Crippen molar-refractivity contribution in [1.82, 2.24) is 4.31 Å². The maximum absolute atomic E-state index is 12.6. The molecule has 0 aliphatic rings. The first kappa shape index (κ1) is 17.0. The standard InChI is InChI=1S/C15H17NO4S/c1-4-6-14(15(17)18)16(11-5-2)21(19,20)13-9-7-12(3)8-10-13/h1,5,7-10,14H,2,6,11H2,3H3,(H,17,18)/t14-/m0/s1. The van der Waals surface area contributed by atoms with Crippen LogP contribution in [0, 0.1) is 19.3 Å². The summed E-state index contributed by atoms with van der Waals surface area (Å²) in [4.78, 5) is 11.3. The van der Waals surface area contributed by atoms with Gasteiger partial charge in [0.2, 0.25) is 10.0 Å². The van der Waals surface area contributed by atoms with E-state index in [4.69, 9.17) is 6.42 Å². The molecule has 0 saturated carbocycles. The summed E-state index contributed by atoms with van der Waals surface area (Å²) in [7, 11) is -3.96. The first-order chi connectivity index (χ1) is 9.84. The van der Waals surface area contributed by atoms with Crippen LogP contribution < -0.4 is 0 Å². The summed E-state index contributed by atoms with van der Waals surface area (Å²) in [6.45, 7) is 5.17.